The highest BCUT2D eigenvalue weighted by Gasteiger charge is 2.46. The van der Waals surface area contributed by atoms with Crippen LogP contribution in [0.3, 0.4) is 0 Å². The summed E-state index contributed by atoms with van der Waals surface area (Å²) in [7, 11) is 1.57. The van der Waals surface area contributed by atoms with E-state index in [9.17, 15) is 14.7 Å². The smallest absolute Gasteiger partial charge is 0.295 e. The second kappa shape index (κ2) is 8.67. The summed E-state index contributed by atoms with van der Waals surface area (Å²) in [5.74, 6) is -0.876. The maximum absolute atomic E-state index is 13.1. The highest BCUT2D eigenvalue weighted by Crippen LogP contribution is 2.40. The van der Waals surface area contributed by atoms with Crippen molar-refractivity contribution in [3.8, 4) is 5.75 Å². The molecule has 2 aromatic carbocycles. The molecule has 1 N–H and O–H groups in total. The Morgan fingerprint density at radius 1 is 1.09 bits per heavy atom. The first kappa shape index (κ1) is 21.3. The Morgan fingerprint density at radius 3 is 2.47 bits per heavy atom. The van der Waals surface area contributed by atoms with E-state index < -0.39 is 17.7 Å². The van der Waals surface area contributed by atoms with Gasteiger partial charge in [-0.1, -0.05) is 35.9 Å². The first-order chi connectivity index (χ1) is 15.4. The van der Waals surface area contributed by atoms with Crippen LogP contribution in [-0.2, 0) is 16.1 Å². The summed E-state index contributed by atoms with van der Waals surface area (Å²) in [6.07, 6.45) is 3.32. The fraction of sp³-hybridized carbons (Fsp3) is 0.192. The summed E-state index contributed by atoms with van der Waals surface area (Å²) in [4.78, 5) is 31.8. The highest BCUT2D eigenvalue weighted by molar-refractivity contribution is 6.46. The number of ether oxygens (including phenoxy) is 1. The molecule has 2 heterocycles. The number of nitrogens with zero attached hydrogens (tertiary/aromatic N) is 2. The van der Waals surface area contributed by atoms with E-state index in [4.69, 9.17) is 4.74 Å². The lowest BCUT2D eigenvalue weighted by Crippen LogP contribution is -2.29. The topological polar surface area (TPSA) is 79.7 Å². The molecular weight excluding hydrogens is 404 g/mol. The number of aliphatic hydroxyl groups excluding tert-OH is 1. The number of carbonyl (C=O) groups is 2. The summed E-state index contributed by atoms with van der Waals surface area (Å²) < 4.78 is 5.30. The number of likely N-dealkylation sites (tertiary alicyclic amines) is 1. The van der Waals surface area contributed by atoms with E-state index in [2.05, 4.69) is 4.98 Å². The minimum absolute atomic E-state index is 0.0762. The van der Waals surface area contributed by atoms with Crippen LogP contribution in [0.2, 0.25) is 0 Å². The third-order valence-electron chi connectivity index (χ3n) is 5.68. The van der Waals surface area contributed by atoms with Gasteiger partial charge in [0, 0.05) is 24.5 Å². The first-order valence-electron chi connectivity index (χ1n) is 10.3. The van der Waals surface area contributed by atoms with Crippen molar-refractivity contribution in [2.24, 2.45) is 0 Å². The molecule has 6 heteroatoms. The number of aryl methyl sites for hydroxylation is 2. The third kappa shape index (κ3) is 3.87. The number of aromatic nitrogens is 1. The van der Waals surface area contributed by atoms with Gasteiger partial charge in [0.15, 0.2) is 0 Å². The molecule has 1 atom stereocenters. The van der Waals surface area contributed by atoms with Gasteiger partial charge in [-0.05, 0) is 54.8 Å². The fourth-order valence-corrected chi connectivity index (χ4v) is 4.01. The van der Waals surface area contributed by atoms with Gasteiger partial charge in [-0.2, -0.15) is 0 Å². The second-order valence-electron chi connectivity index (χ2n) is 7.88. The Labute approximate surface area is 186 Å². The van der Waals surface area contributed by atoms with Crippen LogP contribution in [0.4, 0.5) is 0 Å². The van der Waals surface area contributed by atoms with Crippen molar-refractivity contribution in [3.05, 3.63) is 100 Å². The van der Waals surface area contributed by atoms with Gasteiger partial charge in [-0.15, -0.1) is 0 Å². The van der Waals surface area contributed by atoms with Crippen molar-refractivity contribution < 1.29 is 19.4 Å². The van der Waals surface area contributed by atoms with E-state index in [1.165, 1.54) is 4.90 Å². The van der Waals surface area contributed by atoms with Crippen LogP contribution in [0.1, 0.15) is 33.9 Å². The second-order valence-corrected chi connectivity index (χ2v) is 7.88. The van der Waals surface area contributed by atoms with Crippen LogP contribution < -0.4 is 4.74 Å². The summed E-state index contributed by atoms with van der Waals surface area (Å²) in [6.45, 7) is 4.03. The molecule has 3 aromatic rings. The first-order valence-corrected chi connectivity index (χ1v) is 10.3. The Kier molecular flexibility index (Phi) is 5.77. The average Bonchev–Trinajstić information content (AvgIpc) is 3.04. The van der Waals surface area contributed by atoms with Crippen molar-refractivity contribution in [3.63, 3.8) is 0 Å². The lowest BCUT2D eigenvalue weighted by atomic mass is 9.94. The number of methoxy groups -OCH3 is 1. The van der Waals surface area contributed by atoms with Gasteiger partial charge in [-0.25, -0.2) is 0 Å². The number of Topliss-reactive ketones (excluding diaryl/α,β-unsaturated/α-hetero) is 1. The number of hydrogen-bond donors (Lipinski definition) is 1. The summed E-state index contributed by atoms with van der Waals surface area (Å²) in [5.41, 5.74) is 3.96. The molecule has 1 aliphatic heterocycles. The number of ketones is 1. The molecular formula is C26H24N2O4. The largest absolute Gasteiger partial charge is 0.507 e. The molecule has 0 saturated carbocycles. The van der Waals surface area contributed by atoms with Gasteiger partial charge in [0.2, 0.25) is 0 Å². The molecule has 6 nitrogen and oxygen atoms in total. The molecule has 1 aliphatic rings. The van der Waals surface area contributed by atoms with Crippen LogP contribution in [-0.4, -0.2) is 33.8 Å². The van der Waals surface area contributed by atoms with E-state index >= 15 is 0 Å². The minimum Gasteiger partial charge on any atom is -0.507 e. The molecule has 0 unspecified atom stereocenters. The predicted molar refractivity (Wildman–Crippen MR) is 121 cm³/mol. The normalized spacial score (nSPS) is 17.6. The highest BCUT2D eigenvalue weighted by atomic mass is 16.5. The van der Waals surface area contributed by atoms with Crippen molar-refractivity contribution in [1.29, 1.82) is 0 Å². The van der Waals surface area contributed by atoms with Crippen LogP contribution in [0.5, 0.6) is 5.75 Å². The molecule has 0 aliphatic carbocycles. The molecule has 0 bridgehead atoms. The Morgan fingerprint density at radius 2 is 1.84 bits per heavy atom. The molecule has 1 fully saturated rings. The molecule has 32 heavy (non-hydrogen) atoms. The minimum atomic E-state index is -0.710. The van der Waals surface area contributed by atoms with Crippen LogP contribution in [0.15, 0.2) is 72.6 Å². The zero-order chi connectivity index (χ0) is 22.8. The number of rotatable bonds is 5. The molecule has 0 spiro atoms. The van der Waals surface area contributed by atoms with E-state index in [1.807, 2.05) is 44.2 Å². The van der Waals surface area contributed by atoms with Crippen LogP contribution >= 0.6 is 0 Å². The van der Waals surface area contributed by atoms with E-state index in [0.717, 1.165) is 22.3 Å². The van der Waals surface area contributed by atoms with Gasteiger partial charge in [0.1, 0.15) is 11.5 Å². The number of hydrogen-bond acceptors (Lipinski definition) is 5. The van der Waals surface area contributed by atoms with Crippen molar-refractivity contribution in [1.82, 2.24) is 9.88 Å². The molecule has 0 radical (unpaired) electrons. The Hall–Kier alpha value is -3.93. The van der Waals surface area contributed by atoms with Gasteiger partial charge >= 0.3 is 0 Å². The number of amides is 1. The van der Waals surface area contributed by atoms with Gasteiger partial charge in [-0.3, -0.25) is 14.6 Å². The molecule has 4 rings (SSSR count). The zero-order valence-corrected chi connectivity index (χ0v) is 18.2. The van der Waals surface area contributed by atoms with Gasteiger partial charge in [0.25, 0.3) is 11.7 Å². The average molecular weight is 428 g/mol. The molecule has 1 amide bonds. The monoisotopic (exact) mass is 428 g/mol. The Bertz CT molecular complexity index is 1200. The number of benzene rings is 2. The SMILES string of the molecule is COc1ccc(C(O)=C2C(=O)C(=O)N(Cc3cccnc3)[C@@H]2c2ccc(C)cc2)cc1C. The van der Waals surface area contributed by atoms with E-state index in [-0.39, 0.29) is 17.9 Å². The van der Waals surface area contributed by atoms with Crippen molar-refractivity contribution >= 4 is 17.4 Å². The lowest BCUT2D eigenvalue weighted by Gasteiger charge is -2.25. The third-order valence-corrected chi connectivity index (χ3v) is 5.68. The molecule has 1 aromatic heterocycles. The van der Waals surface area contributed by atoms with E-state index in [1.54, 1.807) is 43.8 Å². The number of carbonyl (C=O) groups excluding carboxylic acids is 2. The summed E-state index contributed by atoms with van der Waals surface area (Å²) >= 11 is 0. The van der Waals surface area contributed by atoms with Gasteiger partial charge in [0.05, 0.1) is 18.7 Å². The maximum atomic E-state index is 13.1. The quantitative estimate of drug-likeness (QED) is 0.372. The number of aliphatic hydroxyl groups is 1. The fourth-order valence-electron chi connectivity index (χ4n) is 4.01. The van der Waals surface area contributed by atoms with Crippen LogP contribution in [0.25, 0.3) is 5.76 Å². The molecule has 162 valence electrons. The van der Waals surface area contributed by atoms with Crippen LogP contribution in [0, 0.1) is 13.8 Å². The standard InChI is InChI=1S/C26H24N2O4/c1-16-6-8-19(9-7-16)23-22(24(29)20-10-11-21(32-3)17(2)13-20)25(30)26(31)28(23)15-18-5-4-12-27-14-18/h4-14,23,29H,15H2,1-3H3/t23-/m1/s1. The summed E-state index contributed by atoms with van der Waals surface area (Å²) in [6, 6.07) is 15.7. The van der Waals surface area contributed by atoms with Crippen molar-refractivity contribution in [2.45, 2.75) is 26.4 Å². The zero-order valence-electron chi connectivity index (χ0n) is 18.2. The molecule has 1 saturated heterocycles. The summed E-state index contributed by atoms with van der Waals surface area (Å²) in [5, 5.41) is 11.2. The van der Waals surface area contributed by atoms with Crippen molar-refractivity contribution in [2.75, 3.05) is 7.11 Å². The van der Waals surface area contributed by atoms with E-state index in [0.29, 0.717) is 11.3 Å². The lowest BCUT2D eigenvalue weighted by molar-refractivity contribution is -0.140. The number of pyridine rings is 1. The maximum Gasteiger partial charge on any atom is 0.295 e. The predicted octanol–water partition coefficient (Wildman–Crippen LogP) is 4.33. The Balaban J connectivity index is 1.86. The van der Waals surface area contributed by atoms with Gasteiger partial charge < -0.3 is 14.7 Å².